The lowest BCUT2D eigenvalue weighted by Gasteiger charge is -2.32. The highest BCUT2D eigenvalue weighted by atomic mass is 16.5. The molecule has 0 aromatic heterocycles. The van der Waals surface area contributed by atoms with Gasteiger partial charge < -0.3 is 20.3 Å². The quantitative estimate of drug-likeness (QED) is 0.837. The summed E-state index contributed by atoms with van der Waals surface area (Å²) in [5.74, 6) is 0.943. The van der Waals surface area contributed by atoms with Gasteiger partial charge in [0.05, 0.1) is 13.7 Å². The predicted octanol–water partition coefficient (Wildman–Crippen LogP) is 1.69. The molecule has 1 heterocycles. The Hall–Kier alpha value is -1.75. The highest BCUT2D eigenvalue weighted by Gasteiger charge is 2.23. The molecule has 1 atom stereocenters. The molecule has 2 N–H and O–H groups in total. The van der Waals surface area contributed by atoms with Gasteiger partial charge in [-0.3, -0.25) is 4.79 Å². The number of hydrogen-bond acceptors (Lipinski definition) is 4. The Morgan fingerprint density at radius 1 is 1.48 bits per heavy atom. The van der Waals surface area contributed by atoms with Crippen LogP contribution in [0.5, 0.6) is 5.75 Å². The molecule has 0 radical (unpaired) electrons. The smallest absolute Gasteiger partial charge is 0.239 e. The van der Waals surface area contributed by atoms with Crippen molar-refractivity contribution in [2.45, 2.75) is 26.3 Å². The Morgan fingerprint density at radius 3 is 2.95 bits per heavy atom. The third-order valence-electron chi connectivity index (χ3n) is 3.78. The summed E-state index contributed by atoms with van der Waals surface area (Å²) in [6, 6.07) is 6.21. The van der Waals surface area contributed by atoms with Gasteiger partial charge in [0, 0.05) is 30.4 Å². The normalized spacial score (nSPS) is 16.5. The van der Waals surface area contributed by atoms with Crippen LogP contribution in [0, 0.1) is 0 Å². The van der Waals surface area contributed by atoms with Gasteiger partial charge in [-0.05, 0) is 32.0 Å². The summed E-state index contributed by atoms with van der Waals surface area (Å²) < 4.78 is 5.54. The average Bonchev–Trinajstić information content (AvgIpc) is 2.51. The fraction of sp³-hybridized carbons (Fsp3) is 0.562. The average molecular weight is 291 g/mol. The van der Waals surface area contributed by atoms with E-state index in [0.717, 1.165) is 36.5 Å². The number of rotatable bonds is 6. The topological polar surface area (TPSA) is 53.6 Å². The summed E-state index contributed by atoms with van der Waals surface area (Å²) in [6.07, 6.45) is 1.08. The van der Waals surface area contributed by atoms with E-state index in [9.17, 15) is 4.79 Å². The first-order valence-electron chi connectivity index (χ1n) is 7.59. The standard InChI is InChI=1S/C16H25N3O2/c1-4-8-17-12(2)16-13(6-5-7-14(16)21-3)19-10-9-18-15(20)11-19/h5-7,12,17H,4,8-11H2,1-3H3,(H,18,20). The van der Waals surface area contributed by atoms with Crippen molar-refractivity contribution >= 4 is 11.6 Å². The van der Waals surface area contributed by atoms with Gasteiger partial charge in [0.2, 0.25) is 5.91 Å². The summed E-state index contributed by atoms with van der Waals surface area (Å²) in [4.78, 5) is 13.8. The Morgan fingerprint density at radius 2 is 2.29 bits per heavy atom. The summed E-state index contributed by atoms with van der Waals surface area (Å²) >= 11 is 0. The first-order valence-corrected chi connectivity index (χ1v) is 7.59. The van der Waals surface area contributed by atoms with Crippen LogP contribution in [0.25, 0.3) is 0 Å². The monoisotopic (exact) mass is 291 g/mol. The van der Waals surface area contributed by atoms with Gasteiger partial charge in [0.25, 0.3) is 0 Å². The van der Waals surface area contributed by atoms with Crippen LogP contribution in [0.3, 0.4) is 0 Å². The van der Waals surface area contributed by atoms with Crippen LogP contribution in [-0.2, 0) is 4.79 Å². The lowest BCUT2D eigenvalue weighted by Crippen LogP contribution is -2.48. The van der Waals surface area contributed by atoms with Gasteiger partial charge in [-0.25, -0.2) is 0 Å². The predicted molar refractivity (Wildman–Crippen MR) is 84.9 cm³/mol. The summed E-state index contributed by atoms with van der Waals surface area (Å²) in [5.41, 5.74) is 2.21. The maximum atomic E-state index is 11.7. The molecule has 1 amide bonds. The number of piperazine rings is 1. The molecule has 0 bridgehead atoms. The van der Waals surface area contributed by atoms with Crippen LogP contribution >= 0.6 is 0 Å². The number of benzene rings is 1. The van der Waals surface area contributed by atoms with E-state index < -0.39 is 0 Å². The zero-order valence-corrected chi connectivity index (χ0v) is 13.1. The minimum absolute atomic E-state index is 0.0733. The van der Waals surface area contributed by atoms with Crippen LogP contribution in [0.2, 0.25) is 0 Å². The zero-order chi connectivity index (χ0) is 15.2. The van der Waals surface area contributed by atoms with Crippen molar-refractivity contribution in [3.05, 3.63) is 23.8 Å². The molecule has 1 aromatic carbocycles. The maximum Gasteiger partial charge on any atom is 0.239 e. The molecule has 1 saturated heterocycles. The van der Waals surface area contributed by atoms with Crippen molar-refractivity contribution in [1.82, 2.24) is 10.6 Å². The molecule has 0 saturated carbocycles. The number of ether oxygens (including phenoxy) is 1. The lowest BCUT2D eigenvalue weighted by atomic mass is 10.0. The second kappa shape index (κ2) is 7.31. The van der Waals surface area contributed by atoms with E-state index in [1.165, 1.54) is 0 Å². The van der Waals surface area contributed by atoms with Crippen LogP contribution in [0.15, 0.2) is 18.2 Å². The van der Waals surface area contributed by atoms with Crippen molar-refractivity contribution in [3.63, 3.8) is 0 Å². The molecule has 1 fully saturated rings. The number of methoxy groups -OCH3 is 1. The second-order valence-electron chi connectivity index (χ2n) is 5.34. The van der Waals surface area contributed by atoms with Gasteiger partial charge in [0.1, 0.15) is 5.75 Å². The molecule has 0 spiro atoms. The molecular formula is C16H25N3O2. The fourth-order valence-electron chi connectivity index (χ4n) is 2.73. The Balaban J connectivity index is 2.32. The van der Waals surface area contributed by atoms with Gasteiger partial charge in [-0.15, -0.1) is 0 Å². The maximum absolute atomic E-state index is 11.7. The van der Waals surface area contributed by atoms with E-state index in [-0.39, 0.29) is 11.9 Å². The Kier molecular flexibility index (Phi) is 5.44. The molecule has 0 aliphatic carbocycles. The third-order valence-corrected chi connectivity index (χ3v) is 3.78. The number of hydrogen-bond donors (Lipinski definition) is 2. The lowest BCUT2D eigenvalue weighted by molar-refractivity contribution is -0.120. The molecule has 2 rings (SSSR count). The highest BCUT2D eigenvalue weighted by molar-refractivity contribution is 5.83. The third kappa shape index (κ3) is 3.67. The molecule has 21 heavy (non-hydrogen) atoms. The van der Waals surface area contributed by atoms with E-state index in [1.54, 1.807) is 7.11 Å². The SMILES string of the molecule is CCCNC(C)c1c(OC)cccc1N1CCNC(=O)C1. The molecule has 5 heteroatoms. The van der Waals surface area contributed by atoms with E-state index in [1.807, 2.05) is 12.1 Å². The number of carbonyl (C=O) groups is 1. The van der Waals surface area contributed by atoms with Crippen LogP contribution in [-0.4, -0.2) is 39.2 Å². The summed E-state index contributed by atoms with van der Waals surface area (Å²) in [6.45, 7) is 7.16. The fourth-order valence-corrected chi connectivity index (χ4v) is 2.73. The molecule has 1 aliphatic heterocycles. The van der Waals surface area contributed by atoms with Crippen molar-refractivity contribution in [1.29, 1.82) is 0 Å². The molecule has 5 nitrogen and oxygen atoms in total. The number of nitrogens with zero attached hydrogens (tertiary/aromatic N) is 1. The minimum atomic E-state index is 0.0733. The van der Waals surface area contributed by atoms with E-state index in [2.05, 4.69) is 35.4 Å². The first-order chi connectivity index (χ1) is 10.2. The van der Waals surface area contributed by atoms with Gasteiger partial charge in [0.15, 0.2) is 0 Å². The zero-order valence-electron chi connectivity index (χ0n) is 13.1. The van der Waals surface area contributed by atoms with Crippen LogP contribution in [0.4, 0.5) is 5.69 Å². The van der Waals surface area contributed by atoms with Crippen LogP contribution < -0.4 is 20.3 Å². The second-order valence-corrected chi connectivity index (χ2v) is 5.34. The van der Waals surface area contributed by atoms with Crippen molar-refractivity contribution in [2.75, 3.05) is 38.2 Å². The largest absolute Gasteiger partial charge is 0.496 e. The van der Waals surface area contributed by atoms with Gasteiger partial charge >= 0.3 is 0 Å². The first kappa shape index (κ1) is 15.6. The number of anilines is 1. The summed E-state index contributed by atoms with van der Waals surface area (Å²) in [5, 5.41) is 6.37. The number of carbonyl (C=O) groups excluding carboxylic acids is 1. The highest BCUT2D eigenvalue weighted by Crippen LogP contribution is 2.34. The molecule has 1 unspecified atom stereocenters. The van der Waals surface area contributed by atoms with Gasteiger partial charge in [-0.1, -0.05) is 13.0 Å². The van der Waals surface area contributed by atoms with Gasteiger partial charge in [-0.2, -0.15) is 0 Å². The summed E-state index contributed by atoms with van der Waals surface area (Å²) in [7, 11) is 1.69. The van der Waals surface area contributed by atoms with Crippen molar-refractivity contribution < 1.29 is 9.53 Å². The van der Waals surface area contributed by atoms with E-state index in [0.29, 0.717) is 13.1 Å². The van der Waals surface area contributed by atoms with Crippen LogP contribution in [0.1, 0.15) is 31.9 Å². The number of nitrogens with one attached hydrogen (secondary N) is 2. The molecule has 1 aliphatic rings. The van der Waals surface area contributed by atoms with E-state index >= 15 is 0 Å². The van der Waals surface area contributed by atoms with E-state index in [4.69, 9.17) is 4.74 Å². The minimum Gasteiger partial charge on any atom is -0.496 e. The van der Waals surface area contributed by atoms with Crippen molar-refractivity contribution in [2.24, 2.45) is 0 Å². The molecule has 1 aromatic rings. The Labute approximate surface area is 126 Å². The molecule has 116 valence electrons. The number of amides is 1. The van der Waals surface area contributed by atoms with Crippen molar-refractivity contribution in [3.8, 4) is 5.75 Å². The Bertz CT molecular complexity index is 490. The molecular weight excluding hydrogens is 266 g/mol.